The lowest BCUT2D eigenvalue weighted by molar-refractivity contribution is 0.101. The highest BCUT2D eigenvalue weighted by molar-refractivity contribution is 7.89. The van der Waals surface area contributed by atoms with Crippen LogP contribution in [0.15, 0.2) is 40.0 Å². The van der Waals surface area contributed by atoms with Gasteiger partial charge < -0.3 is 15.2 Å². The molecule has 0 saturated carbocycles. The Morgan fingerprint density at radius 2 is 1.97 bits per heavy atom. The van der Waals surface area contributed by atoms with Gasteiger partial charge in [-0.1, -0.05) is 0 Å². The number of phenols is 1. The molecule has 0 bridgehead atoms. The van der Waals surface area contributed by atoms with Crippen LogP contribution in [0.3, 0.4) is 0 Å². The molecule has 2 aromatic rings. The molecule has 0 unspecified atom stereocenters. The van der Waals surface area contributed by atoms with Crippen LogP contribution in [0.5, 0.6) is 5.75 Å². The van der Waals surface area contributed by atoms with Gasteiger partial charge in [-0.05, 0) is 37.1 Å². The molecule has 0 radical (unpaired) electrons. The van der Waals surface area contributed by atoms with Gasteiger partial charge in [-0.25, -0.2) is 13.1 Å². The molecule has 0 atom stereocenters. The van der Waals surface area contributed by atoms with Crippen LogP contribution in [0.25, 0.3) is 0 Å². The summed E-state index contributed by atoms with van der Waals surface area (Å²) >= 11 is 0. The van der Waals surface area contributed by atoms with Crippen molar-refractivity contribution in [2.45, 2.75) is 24.3 Å². The molecule has 1 fully saturated rings. The third kappa shape index (κ3) is 4.63. The summed E-state index contributed by atoms with van der Waals surface area (Å²) in [6, 6.07) is 6.17. The number of amides is 1. The monoisotopic (exact) mass is 422 g/mol. The number of aromatic hydroxyl groups is 1. The first-order valence-electron chi connectivity index (χ1n) is 9.04. The minimum atomic E-state index is -3.71. The number of sulfonamides is 1. The summed E-state index contributed by atoms with van der Waals surface area (Å²) in [5.41, 5.74) is -0.514. The maximum absolute atomic E-state index is 12.7. The molecule has 0 spiro atoms. The molecule has 29 heavy (non-hydrogen) atoms. The van der Waals surface area contributed by atoms with E-state index in [1.54, 1.807) is 0 Å². The first kappa shape index (κ1) is 21.0. The number of carbonyl (C=O) groups is 1. The summed E-state index contributed by atoms with van der Waals surface area (Å²) in [6.07, 6.45) is 1.59. The second-order valence-corrected chi connectivity index (χ2v) is 8.45. The van der Waals surface area contributed by atoms with Crippen molar-refractivity contribution in [1.29, 1.82) is 0 Å². The van der Waals surface area contributed by atoms with E-state index in [0.29, 0.717) is 13.1 Å². The Morgan fingerprint density at radius 3 is 2.66 bits per heavy atom. The van der Waals surface area contributed by atoms with Crippen molar-refractivity contribution in [2.24, 2.45) is 0 Å². The van der Waals surface area contributed by atoms with E-state index in [1.807, 2.05) is 0 Å². The Kier molecular flexibility index (Phi) is 6.30. The largest absolute Gasteiger partial charge is 0.506 e. The lowest BCUT2D eigenvalue weighted by atomic mass is 10.2. The van der Waals surface area contributed by atoms with Gasteiger partial charge in [0.15, 0.2) is 0 Å². The van der Waals surface area contributed by atoms with Crippen molar-refractivity contribution in [3.05, 3.63) is 46.4 Å². The maximum Gasteiger partial charge on any atom is 0.276 e. The summed E-state index contributed by atoms with van der Waals surface area (Å²) in [7, 11) is -2.23. The average molecular weight is 422 g/mol. The predicted molar refractivity (Wildman–Crippen MR) is 104 cm³/mol. The molecule has 1 aromatic carbocycles. The first-order valence-corrected chi connectivity index (χ1v) is 10.5. The Morgan fingerprint density at radius 1 is 1.24 bits per heavy atom. The van der Waals surface area contributed by atoms with E-state index in [9.17, 15) is 23.1 Å². The van der Waals surface area contributed by atoms with Crippen LogP contribution < -0.4 is 10.9 Å². The number of hydrogen-bond acceptors (Lipinski definition) is 7. The number of nitrogens with one attached hydrogen (secondary N) is 1. The number of hydrogen-bond donors (Lipinski definition) is 2. The van der Waals surface area contributed by atoms with E-state index in [2.05, 4.69) is 10.4 Å². The van der Waals surface area contributed by atoms with Gasteiger partial charge >= 0.3 is 0 Å². The van der Waals surface area contributed by atoms with Gasteiger partial charge in [-0.15, -0.1) is 0 Å². The van der Waals surface area contributed by atoms with Crippen LogP contribution in [0.2, 0.25) is 0 Å². The van der Waals surface area contributed by atoms with Gasteiger partial charge in [0, 0.05) is 26.3 Å². The zero-order valence-electron chi connectivity index (χ0n) is 15.9. The highest BCUT2D eigenvalue weighted by Crippen LogP contribution is 2.29. The van der Waals surface area contributed by atoms with Gasteiger partial charge in [0.2, 0.25) is 10.0 Å². The number of phenolic OH excluding ortho intramolecular Hbond substituents is 1. The molecule has 1 aliphatic heterocycles. The summed E-state index contributed by atoms with van der Waals surface area (Å²) in [5.74, 6) is -0.978. The van der Waals surface area contributed by atoms with Crippen LogP contribution in [0, 0.1) is 0 Å². The molecule has 1 aromatic heterocycles. The lowest BCUT2D eigenvalue weighted by Gasteiger charge is -2.16. The third-order valence-corrected chi connectivity index (χ3v) is 6.42. The van der Waals surface area contributed by atoms with Crippen molar-refractivity contribution >= 4 is 21.6 Å². The Labute approximate surface area is 167 Å². The lowest BCUT2D eigenvalue weighted by Crippen LogP contribution is -2.28. The Bertz CT molecular complexity index is 1060. The number of nitrogens with zero attached hydrogens (tertiary/aromatic N) is 3. The van der Waals surface area contributed by atoms with E-state index in [0.717, 1.165) is 17.5 Å². The van der Waals surface area contributed by atoms with Crippen molar-refractivity contribution < 1.29 is 23.1 Å². The molecule has 156 valence electrons. The fourth-order valence-electron chi connectivity index (χ4n) is 2.95. The molecule has 1 amide bonds. The van der Waals surface area contributed by atoms with Crippen LogP contribution in [0.1, 0.15) is 23.3 Å². The molecule has 3 rings (SSSR count). The van der Waals surface area contributed by atoms with Crippen LogP contribution in [0.4, 0.5) is 5.69 Å². The number of rotatable bonds is 7. The standard InChI is InChI=1S/C18H22N4O6S/c1-28-11-10-22-17(24)7-5-14(20-22)18(25)19-15-12-13(4-6-16(15)23)29(26,27)21-8-2-3-9-21/h4-7,12,23H,2-3,8-11H2,1H3,(H,19,25). The molecule has 0 aliphatic carbocycles. The van der Waals surface area contributed by atoms with E-state index in [-0.39, 0.29) is 40.7 Å². The van der Waals surface area contributed by atoms with Crippen LogP contribution in [-0.2, 0) is 21.3 Å². The van der Waals surface area contributed by atoms with Gasteiger partial charge in [0.1, 0.15) is 11.4 Å². The summed E-state index contributed by atoms with van der Waals surface area (Å²) in [6.45, 7) is 1.30. The normalized spacial score (nSPS) is 14.8. The van der Waals surface area contributed by atoms with E-state index in [4.69, 9.17) is 4.74 Å². The first-order chi connectivity index (χ1) is 13.8. The van der Waals surface area contributed by atoms with Crippen LogP contribution >= 0.6 is 0 Å². The summed E-state index contributed by atoms with van der Waals surface area (Å²) in [4.78, 5) is 24.3. The number of methoxy groups -OCH3 is 1. The van der Waals surface area contributed by atoms with Crippen molar-refractivity contribution in [2.75, 3.05) is 32.1 Å². The molecule has 1 saturated heterocycles. The predicted octanol–water partition coefficient (Wildman–Crippen LogP) is 0.632. The Balaban J connectivity index is 1.84. The molecule has 1 aliphatic rings. The average Bonchev–Trinajstić information content (AvgIpc) is 3.24. The molecular weight excluding hydrogens is 400 g/mol. The SMILES string of the molecule is COCCn1nc(C(=O)Nc2cc(S(=O)(=O)N3CCCC3)ccc2O)ccc1=O. The quantitative estimate of drug-likeness (QED) is 0.626. The number of carbonyl (C=O) groups excluding carboxylic acids is 1. The fourth-order valence-corrected chi connectivity index (χ4v) is 4.49. The number of benzene rings is 1. The highest BCUT2D eigenvalue weighted by atomic mass is 32.2. The van der Waals surface area contributed by atoms with E-state index < -0.39 is 15.9 Å². The van der Waals surface area contributed by atoms with Gasteiger partial charge in [0.05, 0.1) is 23.7 Å². The van der Waals surface area contributed by atoms with Crippen molar-refractivity contribution in [3.63, 3.8) is 0 Å². The third-order valence-electron chi connectivity index (χ3n) is 4.53. The van der Waals surface area contributed by atoms with Gasteiger partial charge in [-0.3, -0.25) is 9.59 Å². The topological polar surface area (TPSA) is 131 Å². The highest BCUT2D eigenvalue weighted by Gasteiger charge is 2.28. The maximum atomic E-state index is 12.7. The van der Waals surface area contributed by atoms with Gasteiger partial charge in [-0.2, -0.15) is 9.40 Å². The number of aromatic nitrogens is 2. The van der Waals surface area contributed by atoms with Gasteiger partial charge in [0.25, 0.3) is 11.5 Å². The molecule has 2 N–H and O–H groups in total. The zero-order valence-corrected chi connectivity index (χ0v) is 16.7. The molecule has 11 heteroatoms. The molecular formula is C18H22N4O6S. The molecule has 10 nitrogen and oxygen atoms in total. The number of anilines is 1. The van der Waals surface area contributed by atoms with Crippen molar-refractivity contribution in [3.8, 4) is 5.75 Å². The van der Waals surface area contributed by atoms with Crippen molar-refractivity contribution in [1.82, 2.24) is 14.1 Å². The smallest absolute Gasteiger partial charge is 0.276 e. The summed E-state index contributed by atoms with van der Waals surface area (Å²) in [5, 5.41) is 16.5. The van der Waals surface area contributed by atoms with E-state index in [1.165, 1.54) is 41.7 Å². The minimum absolute atomic E-state index is 0.0227. The van der Waals surface area contributed by atoms with E-state index >= 15 is 0 Å². The minimum Gasteiger partial charge on any atom is -0.506 e. The second kappa shape index (κ2) is 8.72. The summed E-state index contributed by atoms with van der Waals surface area (Å²) < 4.78 is 32.8. The zero-order chi connectivity index (χ0) is 21.0. The second-order valence-electron chi connectivity index (χ2n) is 6.52. The van der Waals surface area contributed by atoms with Crippen LogP contribution in [-0.4, -0.2) is 60.3 Å². The number of ether oxygens (including phenoxy) is 1. The molecule has 2 heterocycles. The Hall–Kier alpha value is -2.76. The fraction of sp³-hybridized carbons (Fsp3) is 0.389.